The van der Waals surface area contributed by atoms with E-state index in [1.54, 1.807) is 0 Å². The molecule has 7 heteroatoms. The molecule has 0 saturated heterocycles. The van der Waals surface area contributed by atoms with Crippen molar-refractivity contribution in [2.24, 2.45) is 0 Å². The van der Waals surface area contributed by atoms with Crippen LogP contribution >= 0.6 is 7.82 Å². The fraction of sp³-hybridized carbons (Fsp3) is 0. The maximum atomic E-state index is 8.88. The molecule has 3 N–H and O–H groups in total. The largest absolute Gasteiger partial charge is 0 e. The number of rotatable bonds is 0. The van der Waals surface area contributed by atoms with Gasteiger partial charge in [0, 0.05) is 18.6 Å². The maximum absolute atomic E-state index is 8.88. The summed E-state index contributed by atoms with van der Waals surface area (Å²) in [6.45, 7) is 0. The van der Waals surface area contributed by atoms with Gasteiger partial charge in [-0.25, -0.2) is 4.57 Å². The smallest absolute Gasteiger partial charge is 0 e. The van der Waals surface area contributed by atoms with Crippen molar-refractivity contribution in [1.29, 1.82) is 0 Å². The normalized spacial score (nSPS) is 8.43. The molecule has 0 spiro atoms. The summed E-state index contributed by atoms with van der Waals surface area (Å²) in [5.74, 6) is 0. The van der Waals surface area contributed by atoms with Gasteiger partial charge in [0.05, 0.1) is 0 Å². The van der Waals surface area contributed by atoms with Crippen LogP contribution in [0.5, 0.6) is 0 Å². The van der Waals surface area contributed by atoms with E-state index in [1.807, 2.05) is 0 Å². The van der Waals surface area contributed by atoms with Crippen LogP contribution in [0.1, 0.15) is 0 Å². The summed E-state index contributed by atoms with van der Waals surface area (Å²) >= 11 is 0. The van der Waals surface area contributed by atoms with Gasteiger partial charge in [-0.05, 0) is 0 Å². The summed E-state index contributed by atoms with van der Waals surface area (Å²) in [5.41, 5.74) is 0. The molecule has 1 radical (unpaired) electrons. The third-order valence-electron chi connectivity index (χ3n) is 0. The molecule has 0 aromatic heterocycles. The molecule has 0 aromatic carbocycles. The van der Waals surface area contributed by atoms with E-state index in [0.717, 1.165) is 0 Å². The van der Waals surface area contributed by atoms with Crippen molar-refractivity contribution in [1.82, 2.24) is 0 Å². The van der Waals surface area contributed by atoms with Gasteiger partial charge < -0.3 is 14.7 Å². The number of phosphoric acid groups is 1. The summed E-state index contributed by atoms with van der Waals surface area (Å²) in [6, 6.07) is 0. The molecule has 0 aromatic rings. The third-order valence-corrected chi connectivity index (χ3v) is 0. The van der Waals surface area contributed by atoms with E-state index in [1.165, 1.54) is 0 Å². The van der Waals surface area contributed by atoms with E-state index in [2.05, 4.69) is 0 Å². The molecule has 0 aliphatic heterocycles. The molecular formula is H4LiO4PV. The van der Waals surface area contributed by atoms with Crippen LogP contribution in [-0.4, -0.2) is 33.5 Å². The third kappa shape index (κ3) is 122. The first-order chi connectivity index (χ1) is 2.00. The van der Waals surface area contributed by atoms with Gasteiger partial charge in [-0.15, -0.1) is 0 Å². The van der Waals surface area contributed by atoms with E-state index < -0.39 is 7.82 Å². The first-order valence-electron chi connectivity index (χ1n) is 0.783. The van der Waals surface area contributed by atoms with Crippen LogP contribution in [0.4, 0.5) is 0 Å². The standard InChI is InChI=1S/Li.H3O4P.V.H/c;1-5(2,3)4;;/h;(H3,1,2,3,4);;. The summed E-state index contributed by atoms with van der Waals surface area (Å²) in [7, 11) is -4.64. The average Bonchev–Trinajstić information content (AvgIpc) is 0.722. The van der Waals surface area contributed by atoms with Crippen LogP contribution < -0.4 is 0 Å². The van der Waals surface area contributed by atoms with Crippen LogP contribution in [0.2, 0.25) is 0 Å². The fourth-order valence-electron chi connectivity index (χ4n) is 0. The minimum absolute atomic E-state index is 0. The van der Waals surface area contributed by atoms with Gasteiger partial charge in [-0.1, -0.05) is 0 Å². The molecule has 0 heterocycles. The molecule has 39 valence electrons. The second kappa shape index (κ2) is 5.43. The Balaban J connectivity index is -0.0000000800. The van der Waals surface area contributed by atoms with Gasteiger partial charge in [-0.2, -0.15) is 0 Å². The average molecular weight is 157 g/mol. The van der Waals surface area contributed by atoms with E-state index in [9.17, 15) is 0 Å². The van der Waals surface area contributed by atoms with Crippen molar-refractivity contribution < 1.29 is 37.8 Å². The van der Waals surface area contributed by atoms with Crippen molar-refractivity contribution in [2.75, 3.05) is 0 Å². The molecule has 0 amide bonds. The second-order valence-corrected chi connectivity index (χ2v) is 1.54. The summed E-state index contributed by atoms with van der Waals surface area (Å²) in [4.78, 5) is 21.6. The van der Waals surface area contributed by atoms with Gasteiger partial charge >= 0.3 is 26.7 Å². The van der Waals surface area contributed by atoms with Crippen molar-refractivity contribution in [2.45, 2.75) is 0 Å². The van der Waals surface area contributed by atoms with Crippen LogP contribution in [0, 0.1) is 0 Å². The minimum Gasteiger partial charge on any atom is 0 e. The minimum atomic E-state index is -4.64. The van der Waals surface area contributed by atoms with Gasteiger partial charge in [-0.3, -0.25) is 0 Å². The van der Waals surface area contributed by atoms with Crippen molar-refractivity contribution >= 4 is 26.7 Å². The number of hydrogen-bond acceptors (Lipinski definition) is 1. The predicted molar refractivity (Wildman–Crippen MR) is 21.4 cm³/mol. The van der Waals surface area contributed by atoms with Crippen molar-refractivity contribution in [3.63, 3.8) is 0 Å². The topological polar surface area (TPSA) is 77.8 Å². The number of hydrogen-bond donors (Lipinski definition) is 3. The van der Waals surface area contributed by atoms with Gasteiger partial charge in [0.1, 0.15) is 0 Å². The Labute approximate surface area is 64.6 Å². The summed E-state index contributed by atoms with van der Waals surface area (Å²) in [5, 5.41) is 0. The Bertz CT molecular complexity index is 57.8. The monoisotopic (exact) mass is 157 g/mol. The van der Waals surface area contributed by atoms with E-state index in [4.69, 9.17) is 19.2 Å². The summed E-state index contributed by atoms with van der Waals surface area (Å²) in [6.07, 6.45) is 0. The van der Waals surface area contributed by atoms with Crippen LogP contribution in [0.3, 0.4) is 0 Å². The molecular weight excluding hydrogens is 153 g/mol. The molecule has 0 rings (SSSR count). The van der Waals surface area contributed by atoms with Crippen molar-refractivity contribution in [3.05, 3.63) is 0 Å². The van der Waals surface area contributed by atoms with Gasteiger partial charge in [0.2, 0.25) is 0 Å². The van der Waals surface area contributed by atoms with Crippen LogP contribution in [-0.2, 0) is 23.1 Å². The maximum Gasteiger partial charge on any atom is 0 e. The first-order valence-corrected chi connectivity index (χ1v) is 2.35. The Morgan fingerprint density at radius 3 is 1.14 bits per heavy atom. The van der Waals surface area contributed by atoms with Gasteiger partial charge in [0.15, 0.2) is 0 Å². The second-order valence-electron chi connectivity index (χ2n) is 0.513. The van der Waals surface area contributed by atoms with Crippen molar-refractivity contribution in [3.8, 4) is 0 Å². The molecule has 0 atom stereocenters. The Kier molecular flexibility index (Phi) is 12.2. The predicted octanol–water partition coefficient (Wildman–Crippen LogP) is -1.58. The zero-order valence-electron chi connectivity index (χ0n) is 2.64. The Morgan fingerprint density at radius 2 is 1.14 bits per heavy atom. The Hall–Kier alpha value is 1.29. The fourth-order valence-corrected chi connectivity index (χ4v) is 0. The Morgan fingerprint density at radius 1 is 1.14 bits per heavy atom. The molecule has 7 heavy (non-hydrogen) atoms. The zero-order chi connectivity index (χ0) is 4.50. The van der Waals surface area contributed by atoms with Gasteiger partial charge in [0.25, 0.3) is 0 Å². The molecule has 0 unspecified atom stereocenters. The van der Waals surface area contributed by atoms with Crippen LogP contribution in [0.15, 0.2) is 0 Å². The van der Waals surface area contributed by atoms with E-state index in [0.29, 0.717) is 0 Å². The molecule has 4 nitrogen and oxygen atoms in total. The SMILES string of the molecule is O=P(O)(O)O.[LiH].[V]. The molecule has 0 saturated carbocycles. The molecule has 0 aliphatic carbocycles. The van der Waals surface area contributed by atoms with E-state index in [-0.39, 0.29) is 37.4 Å². The van der Waals surface area contributed by atoms with E-state index >= 15 is 0 Å². The quantitative estimate of drug-likeness (QED) is 0.293. The molecule has 0 bridgehead atoms. The zero-order valence-corrected chi connectivity index (χ0v) is 4.94. The molecule has 0 fully saturated rings. The first kappa shape index (κ1) is 15.7. The summed E-state index contributed by atoms with van der Waals surface area (Å²) < 4.78 is 8.88. The molecule has 0 aliphatic rings. The van der Waals surface area contributed by atoms with Crippen LogP contribution in [0.25, 0.3) is 0 Å².